The summed E-state index contributed by atoms with van der Waals surface area (Å²) in [6, 6.07) is 33.9. The first kappa shape index (κ1) is 20.1. The van der Waals surface area contributed by atoms with Gasteiger partial charge in [0.25, 0.3) is 0 Å². The van der Waals surface area contributed by atoms with Crippen LogP contribution in [-0.4, -0.2) is 5.78 Å². The topological polar surface area (TPSA) is 17.1 Å². The van der Waals surface area contributed by atoms with E-state index in [1.165, 1.54) is 22.3 Å². The van der Waals surface area contributed by atoms with E-state index in [0.717, 1.165) is 20.1 Å². The summed E-state index contributed by atoms with van der Waals surface area (Å²) in [5.74, 6) is 0.204. The van der Waals surface area contributed by atoms with E-state index in [1.807, 2.05) is 24.3 Å². The first-order chi connectivity index (χ1) is 15.6. The fraction of sp³-hybridized carbons (Fsp3) is 0.138. The van der Waals surface area contributed by atoms with Gasteiger partial charge >= 0.3 is 0 Å². The normalized spacial score (nSPS) is 23.4. The van der Waals surface area contributed by atoms with E-state index in [-0.39, 0.29) is 23.7 Å². The Morgan fingerprint density at radius 1 is 0.500 bits per heavy atom. The molecule has 0 amide bonds. The first-order valence-corrected chi connectivity index (χ1v) is 12.4. The van der Waals surface area contributed by atoms with Gasteiger partial charge < -0.3 is 0 Å². The number of carbonyl (C=O) groups is 1. The Kier molecular flexibility index (Phi) is 4.93. The van der Waals surface area contributed by atoms with E-state index < -0.39 is 0 Å². The van der Waals surface area contributed by atoms with Crippen LogP contribution in [0.15, 0.2) is 106 Å². The van der Waals surface area contributed by atoms with Crippen molar-refractivity contribution >= 4 is 37.6 Å². The largest absolute Gasteiger partial charge is 0.298 e. The molecule has 2 aliphatic carbocycles. The van der Waals surface area contributed by atoms with Gasteiger partial charge in [0.05, 0.1) is 11.8 Å². The fourth-order valence-electron chi connectivity index (χ4n) is 5.86. The van der Waals surface area contributed by atoms with Crippen molar-refractivity contribution in [3.63, 3.8) is 0 Å². The first-order valence-electron chi connectivity index (χ1n) is 10.9. The molecular formula is C29H20Br2O. The number of hydrogen-bond acceptors (Lipinski definition) is 1. The standard InChI is InChI=1S/C29H20Br2O/c30-19-13-9-17(10-14-19)25-27-23-7-3-1-5-21(23)22-6-2-4-8-24(22)28(27)26(29(25)32)18-11-15-20(31)16-12-18/h1-16,25-28H. The minimum absolute atomic E-state index is 0.114. The Bertz CT molecular complexity index is 1220. The summed E-state index contributed by atoms with van der Waals surface area (Å²) in [5.41, 5.74) is 7.30. The van der Waals surface area contributed by atoms with E-state index in [0.29, 0.717) is 5.78 Å². The van der Waals surface area contributed by atoms with E-state index in [1.54, 1.807) is 0 Å². The molecule has 156 valence electrons. The predicted octanol–water partition coefficient (Wildman–Crippen LogP) is 8.21. The molecule has 4 unspecified atom stereocenters. The van der Waals surface area contributed by atoms with Crippen molar-refractivity contribution in [1.82, 2.24) is 0 Å². The number of halogens is 2. The SMILES string of the molecule is O=C1C(c2ccc(Br)cc2)C2c3ccccc3-c3ccccc3C2C1c1ccc(Br)cc1. The molecule has 0 aliphatic heterocycles. The van der Waals surface area contributed by atoms with Crippen molar-refractivity contribution < 1.29 is 4.79 Å². The Balaban J connectivity index is 1.62. The Hall–Kier alpha value is -2.49. The Morgan fingerprint density at radius 2 is 0.875 bits per heavy atom. The summed E-state index contributed by atoms with van der Waals surface area (Å²) in [5, 5.41) is 0. The third-order valence-corrected chi connectivity index (χ3v) is 8.16. The number of benzene rings is 4. The van der Waals surface area contributed by atoms with Gasteiger partial charge in [0.1, 0.15) is 5.78 Å². The molecule has 0 radical (unpaired) electrons. The predicted molar refractivity (Wildman–Crippen MR) is 136 cm³/mol. The van der Waals surface area contributed by atoms with E-state index in [4.69, 9.17) is 0 Å². The molecule has 1 saturated carbocycles. The van der Waals surface area contributed by atoms with E-state index in [9.17, 15) is 4.79 Å². The number of ketones is 1. The van der Waals surface area contributed by atoms with Crippen LogP contribution in [0.5, 0.6) is 0 Å². The highest BCUT2D eigenvalue weighted by Crippen LogP contribution is 2.63. The maximum Gasteiger partial charge on any atom is 0.149 e. The van der Waals surface area contributed by atoms with Crippen LogP contribution in [0.3, 0.4) is 0 Å². The molecule has 4 aromatic rings. The maximum absolute atomic E-state index is 14.2. The molecule has 2 aliphatic rings. The number of hydrogen-bond donors (Lipinski definition) is 0. The molecule has 6 rings (SSSR count). The van der Waals surface area contributed by atoms with Crippen LogP contribution < -0.4 is 0 Å². The quantitative estimate of drug-likeness (QED) is 0.249. The monoisotopic (exact) mass is 542 g/mol. The van der Waals surface area contributed by atoms with Crippen LogP contribution >= 0.6 is 31.9 Å². The molecule has 0 N–H and O–H groups in total. The lowest BCUT2D eigenvalue weighted by molar-refractivity contribution is -0.120. The molecule has 0 heterocycles. The van der Waals surface area contributed by atoms with E-state index >= 15 is 0 Å². The van der Waals surface area contributed by atoms with Gasteiger partial charge in [-0.1, -0.05) is 105 Å². The third-order valence-electron chi connectivity index (χ3n) is 7.11. The maximum atomic E-state index is 14.2. The van der Waals surface area contributed by atoms with Gasteiger partial charge in [-0.25, -0.2) is 0 Å². The smallest absolute Gasteiger partial charge is 0.149 e. The third kappa shape index (κ3) is 3.06. The molecule has 4 atom stereocenters. The van der Waals surface area contributed by atoms with Crippen molar-refractivity contribution in [2.45, 2.75) is 23.7 Å². The molecule has 1 nitrogen and oxygen atoms in total. The molecule has 4 aromatic carbocycles. The van der Waals surface area contributed by atoms with Crippen LogP contribution in [0.1, 0.15) is 45.9 Å². The van der Waals surface area contributed by atoms with Gasteiger partial charge in [0.2, 0.25) is 0 Å². The minimum Gasteiger partial charge on any atom is -0.298 e. The summed E-state index contributed by atoms with van der Waals surface area (Å²) in [6.45, 7) is 0. The summed E-state index contributed by atoms with van der Waals surface area (Å²) >= 11 is 7.10. The average Bonchev–Trinajstić information content (AvgIpc) is 3.13. The van der Waals surface area contributed by atoms with Gasteiger partial charge in [-0.2, -0.15) is 0 Å². The molecule has 0 aromatic heterocycles. The van der Waals surface area contributed by atoms with Gasteiger partial charge in [-0.05, 0) is 57.6 Å². The van der Waals surface area contributed by atoms with E-state index in [2.05, 4.69) is 105 Å². The van der Waals surface area contributed by atoms with Crippen LogP contribution in [0, 0.1) is 0 Å². The average molecular weight is 544 g/mol. The van der Waals surface area contributed by atoms with Gasteiger partial charge in [0.15, 0.2) is 0 Å². The lowest BCUT2D eigenvalue weighted by Gasteiger charge is -2.35. The number of carbonyl (C=O) groups excluding carboxylic acids is 1. The molecule has 3 heteroatoms. The van der Waals surface area contributed by atoms with Gasteiger partial charge in [-0.3, -0.25) is 4.79 Å². The highest BCUT2D eigenvalue weighted by Gasteiger charge is 2.54. The number of fused-ring (bicyclic) bond motifs is 6. The summed E-state index contributed by atoms with van der Waals surface area (Å²) in [4.78, 5) is 14.2. The van der Waals surface area contributed by atoms with Crippen molar-refractivity contribution in [1.29, 1.82) is 0 Å². The van der Waals surface area contributed by atoms with Gasteiger partial charge in [-0.15, -0.1) is 0 Å². The van der Waals surface area contributed by atoms with Crippen molar-refractivity contribution in [2.24, 2.45) is 0 Å². The highest BCUT2D eigenvalue weighted by molar-refractivity contribution is 9.10. The second kappa shape index (κ2) is 7.83. The summed E-state index contributed by atoms with van der Waals surface area (Å²) in [7, 11) is 0. The molecule has 32 heavy (non-hydrogen) atoms. The molecular weight excluding hydrogens is 524 g/mol. The zero-order valence-electron chi connectivity index (χ0n) is 17.2. The molecule has 0 bridgehead atoms. The minimum atomic E-state index is -0.170. The van der Waals surface area contributed by atoms with Gasteiger partial charge in [0, 0.05) is 20.8 Å². The van der Waals surface area contributed by atoms with Crippen molar-refractivity contribution in [3.05, 3.63) is 128 Å². The van der Waals surface area contributed by atoms with Crippen LogP contribution in [0.25, 0.3) is 11.1 Å². The number of Topliss-reactive ketones (excluding diaryl/α,β-unsaturated/α-hetero) is 1. The summed E-state index contributed by atoms with van der Waals surface area (Å²) < 4.78 is 2.06. The zero-order valence-corrected chi connectivity index (χ0v) is 20.4. The molecule has 0 saturated heterocycles. The summed E-state index contributed by atoms with van der Waals surface area (Å²) in [6.07, 6.45) is 0. The lowest BCUT2D eigenvalue weighted by Crippen LogP contribution is -2.19. The Labute approximate surface area is 204 Å². The van der Waals surface area contributed by atoms with Crippen LogP contribution in [0.4, 0.5) is 0 Å². The zero-order chi connectivity index (χ0) is 21.8. The fourth-order valence-corrected chi connectivity index (χ4v) is 6.39. The second-order valence-electron chi connectivity index (χ2n) is 8.69. The highest BCUT2D eigenvalue weighted by atomic mass is 79.9. The van der Waals surface area contributed by atoms with Crippen molar-refractivity contribution in [3.8, 4) is 11.1 Å². The lowest BCUT2D eigenvalue weighted by atomic mass is 9.67. The Morgan fingerprint density at radius 3 is 1.28 bits per heavy atom. The van der Waals surface area contributed by atoms with Crippen LogP contribution in [-0.2, 0) is 4.79 Å². The van der Waals surface area contributed by atoms with Crippen LogP contribution in [0.2, 0.25) is 0 Å². The second-order valence-corrected chi connectivity index (χ2v) is 10.5. The molecule has 1 fully saturated rings. The molecule has 0 spiro atoms. The number of rotatable bonds is 2. The van der Waals surface area contributed by atoms with Crippen molar-refractivity contribution in [2.75, 3.05) is 0 Å².